The minimum Gasteiger partial charge on any atom is -0.325 e. The molecule has 0 saturated carbocycles. The van der Waals surface area contributed by atoms with Gasteiger partial charge in [0.05, 0.1) is 17.5 Å². The zero-order chi connectivity index (χ0) is 23.0. The van der Waals surface area contributed by atoms with Gasteiger partial charge in [-0.25, -0.2) is 4.39 Å². The number of benzene rings is 3. The molecule has 1 unspecified atom stereocenters. The predicted molar refractivity (Wildman–Crippen MR) is 127 cm³/mol. The number of sulfonamides is 1. The van der Waals surface area contributed by atoms with Crippen molar-refractivity contribution in [3.8, 4) is 0 Å². The van der Waals surface area contributed by atoms with Crippen molar-refractivity contribution in [2.75, 3.05) is 6.54 Å². The van der Waals surface area contributed by atoms with Crippen molar-refractivity contribution in [3.05, 3.63) is 107 Å². The van der Waals surface area contributed by atoms with Crippen LogP contribution in [0.1, 0.15) is 17.2 Å². The molecule has 33 heavy (non-hydrogen) atoms. The molecule has 0 aromatic heterocycles. The number of aliphatic imine (C=N–C) groups is 1. The Bertz CT molecular complexity index is 1390. The second-order valence-corrected chi connectivity index (χ2v) is 9.61. The second-order valence-electron chi connectivity index (χ2n) is 7.57. The zero-order valence-corrected chi connectivity index (χ0v) is 18.8. The largest absolute Gasteiger partial charge is 0.325 e. The van der Waals surface area contributed by atoms with Crippen molar-refractivity contribution in [3.63, 3.8) is 0 Å². The Morgan fingerprint density at radius 2 is 1.70 bits per heavy atom. The van der Waals surface area contributed by atoms with Gasteiger partial charge in [-0.3, -0.25) is 0 Å². The van der Waals surface area contributed by atoms with Crippen LogP contribution in [-0.4, -0.2) is 31.7 Å². The highest BCUT2D eigenvalue weighted by Gasteiger charge is 2.34. The first-order valence-electron chi connectivity index (χ1n) is 10.1. The molecule has 0 aliphatic carbocycles. The van der Waals surface area contributed by atoms with E-state index < -0.39 is 10.0 Å². The Kier molecular flexibility index (Phi) is 5.47. The van der Waals surface area contributed by atoms with Crippen molar-refractivity contribution in [1.82, 2.24) is 10.2 Å². The summed E-state index contributed by atoms with van der Waals surface area (Å²) in [5.74, 6) is 0.310. The van der Waals surface area contributed by atoms with Gasteiger partial charge in [0.2, 0.25) is 5.96 Å². The maximum Gasteiger partial charge on any atom is 0.284 e. The molecule has 0 fully saturated rings. The second kappa shape index (κ2) is 8.46. The van der Waals surface area contributed by atoms with E-state index in [1.807, 2.05) is 41.3 Å². The maximum absolute atomic E-state index is 13.5. The summed E-state index contributed by atoms with van der Waals surface area (Å²) in [5, 5.41) is 3.71. The van der Waals surface area contributed by atoms with E-state index in [4.69, 9.17) is 11.6 Å². The maximum atomic E-state index is 13.5. The first-order valence-corrected chi connectivity index (χ1v) is 12.0. The van der Waals surface area contributed by atoms with E-state index in [-0.39, 0.29) is 29.1 Å². The Hall–Kier alpha value is -3.49. The average molecular weight is 481 g/mol. The molecular weight excluding hydrogens is 463 g/mol. The molecule has 0 saturated heterocycles. The first kappa shape index (κ1) is 21.4. The summed E-state index contributed by atoms with van der Waals surface area (Å²) in [5.41, 5.74) is 2.62. The number of hydrogen-bond donors (Lipinski definition) is 1. The third-order valence-electron chi connectivity index (χ3n) is 5.36. The first-order chi connectivity index (χ1) is 15.9. The predicted octanol–water partition coefficient (Wildman–Crippen LogP) is 4.62. The van der Waals surface area contributed by atoms with Gasteiger partial charge in [0.25, 0.3) is 10.0 Å². The third kappa shape index (κ3) is 4.40. The van der Waals surface area contributed by atoms with Gasteiger partial charge in [0, 0.05) is 10.7 Å². The topological polar surface area (TPSA) is 74.1 Å². The number of amidine groups is 1. The van der Waals surface area contributed by atoms with Crippen molar-refractivity contribution in [2.24, 2.45) is 9.39 Å². The summed E-state index contributed by atoms with van der Waals surface area (Å²) in [4.78, 5) is 6.40. The minimum absolute atomic E-state index is 0.0376. The van der Waals surface area contributed by atoms with Gasteiger partial charge < -0.3 is 10.2 Å². The highest BCUT2D eigenvalue weighted by molar-refractivity contribution is 7.90. The summed E-state index contributed by atoms with van der Waals surface area (Å²) in [7, 11) is -3.96. The molecule has 5 rings (SSSR count). The van der Waals surface area contributed by atoms with Crippen molar-refractivity contribution in [2.45, 2.75) is 10.9 Å². The van der Waals surface area contributed by atoms with Crippen molar-refractivity contribution >= 4 is 39.1 Å². The van der Waals surface area contributed by atoms with E-state index in [0.29, 0.717) is 11.0 Å². The van der Waals surface area contributed by atoms with E-state index in [1.54, 1.807) is 12.1 Å². The molecule has 2 heterocycles. The van der Waals surface area contributed by atoms with Gasteiger partial charge >= 0.3 is 0 Å². The van der Waals surface area contributed by atoms with E-state index in [1.165, 1.54) is 36.4 Å². The SMILES string of the molecule is O=S(=O)(N=C1CN2C(=N1)NC(c1ccccc1)=CC2c1ccc(F)cc1)c1ccc(Cl)cc1. The van der Waals surface area contributed by atoms with Crippen LogP contribution in [0.2, 0.25) is 5.02 Å². The van der Waals surface area contributed by atoms with Crippen molar-refractivity contribution < 1.29 is 12.8 Å². The average Bonchev–Trinajstić information content (AvgIpc) is 3.21. The minimum atomic E-state index is -3.96. The summed E-state index contributed by atoms with van der Waals surface area (Å²) in [6.07, 6.45) is 2.01. The number of nitrogens with one attached hydrogen (secondary N) is 1. The fourth-order valence-electron chi connectivity index (χ4n) is 3.76. The summed E-state index contributed by atoms with van der Waals surface area (Å²) in [6.45, 7) is 0.176. The van der Waals surface area contributed by atoms with Crippen LogP contribution in [0.25, 0.3) is 5.70 Å². The monoisotopic (exact) mass is 480 g/mol. The van der Waals surface area contributed by atoms with Crippen LogP contribution >= 0.6 is 11.6 Å². The fourth-order valence-corrected chi connectivity index (χ4v) is 4.85. The van der Waals surface area contributed by atoms with Gasteiger partial charge in [0.15, 0.2) is 5.84 Å². The number of halogens is 2. The smallest absolute Gasteiger partial charge is 0.284 e. The quantitative estimate of drug-likeness (QED) is 0.591. The Balaban J connectivity index is 1.53. The molecule has 3 aromatic rings. The van der Waals surface area contributed by atoms with Crippen LogP contribution in [-0.2, 0) is 10.0 Å². The molecule has 9 heteroatoms. The third-order valence-corrected chi connectivity index (χ3v) is 6.93. The molecule has 1 atom stereocenters. The molecule has 166 valence electrons. The lowest BCUT2D eigenvalue weighted by atomic mass is 10.00. The van der Waals surface area contributed by atoms with Crippen LogP contribution in [0.4, 0.5) is 4.39 Å². The van der Waals surface area contributed by atoms with Gasteiger partial charge in [0.1, 0.15) is 5.82 Å². The number of nitrogens with zero attached hydrogens (tertiary/aromatic N) is 3. The van der Waals surface area contributed by atoms with Crippen molar-refractivity contribution in [1.29, 1.82) is 0 Å². The highest BCUT2D eigenvalue weighted by Crippen LogP contribution is 2.32. The molecule has 2 aliphatic rings. The lowest BCUT2D eigenvalue weighted by Crippen LogP contribution is -2.43. The van der Waals surface area contributed by atoms with Gasteiger partial charge in [-0.05, 0) is 53.6 Å². The molecular formula is C24H18ClFN4O2S. The molecule has 3 aromatic carbocycles. The number of hydrogen-bond acceptors (Lipinski definition) is 4. The Morgan fingerprint density at radius 3 is 2.39 bits per heavy atom. The lowest BCUT2D eigenvalue weighted by Gasteiger charge is -2.34. The van der Waals surface area contributed by atoms with E-state index in [0.717, 1.165) is 16.8 Å². The number of guanidine groups is 1. The summed E-state index contributed by atoms with van der Waals surface area (Å²) in [6, 6.07) is 21.5. The van der Waals surface area contributed by atoms with E-state index >= 15 is 0 Å². The summed E-state index contributed by atoms with van der Waals surface area (Å²) < 4.78 is 43.1. The van der Waals surface area contributed by atoms with E-state index in [9.17, 15) is 12.8 Å². The summed E-state index contributed by atoms with van der Waals surface area (Å²) >= 11 is 5.87. The molecule has 1 N–H and O–H groups in total. The Labute approximate surface area is 195 Å². The number of rotatable bonds is 4. The van der Waals surface area contributed by atoms with Crippen LogP contribution in [0, 0.1) is 5.82 Å². The Morgan fingerprint density at radius 1 is 1.00 bits per heavy atom. The molecule has 6 nitrogen and oxygen atoms in total. The fraction of sp³-hybridized carbons (Fsp3) is 0.0833. The molecule has 0 spiro atoms. The molecule has 2 aliphatic heterocycles. The van der Waals surface area contributed by atoms with Gasteiger partial charge in [-0.15, -0.1) is 4.40 Å². The molecule has 0 bridgehead atoms. The standard InChI is InChI=1S/C24H18ClFN4O2S/c25-18-8-12-20(13-9-18)33(31,32)29-23-15-30-22(17-6-10-19(26)11-7-17)14-21(27-24(30)28-23)16-4-2-1-3-5-16/h1-14,22H,15H2,(H,27,28,29). The van der Waals surface area contributed by atoms with Gasteiger partial charge in [-0.1, -0.05) is 54.1 Å². The number of fused-ring (bicyclic) bond motifs is 1. The highest BCUT2D eigenvalue weighted by atomic mass is 35.5. The van der Waals surface area contributed by atoms with Crippen LogP contribution in [0.15, 0.2) is 99.2 Å². The molecule has 0 amide bonds. The van der Waals surface area contributed by atoms with Crippen LogP contribution < -0.4 is 5.32 Å². The zero-order valence-electron chi connectivity index (χ0n) is 17.2. The normalized spacial score (nSPS) is 19.0. The van der Waals surface area contributed by atoms with Crippen LogP contribution in [0.3, 0.4) is 0 Å². The lowest BCUT2D eigenvalue weighted by molar-refractivity contribution is 0.405. The van der Waals surface area contributed by atoms with Crippen LogP contribution in [0.5, 0.6) is 0 Å². The van der Waals surface area contributed by atoms with Gasteiger partial charge in [-0.2, -0.15) is 13.4 Å². The van der Waals surface area contributed by atoms with E-state index in [2.05, 4.69) is 14.7 Å². The molecule has 0 radical (unpaired) electrons.